The summed E-state index contributed by atoms with van der Waals surface area (Å²) in [6, 6.07) is 0. The fourth-order valence-corrected chi connectivity index (χ4v) is 1.81. The lowest BCUT2D eigenvalue weighted by Gasteiger charge is -2.20. The SMILES string of the molecule is C=CC(=O)OCCONC(=O)C1CCCCC1. The summed E-state index contributed by atoms with van der Waals surface area (Å²) in [6.07, 6.45) is 6.37. The highest BCUT2D eigenvalue weighted by Crippen LogP contribution is 2.23. The van der Waals surface area contributed by atoms with E-state index >= 15 is 0 Å². The number of esters is 1. The van der Waals surface area contributed by atoms with Gasteiger partial charge in [0.05, 0.1) is 0 Å². The third-order valence-electron chi connectivity index (χ3n) is 2.75. The van der Waals surface area contributed by atoms with Gasteiger partial charge in [-0.25, -0.2) is 10.3 Å². The van der Waals surface area contributed by atoms with Gasteiger partial charge >= 0.3 is 5.97 Å². The van der Waals surface area contributed by atoms with Crippen LogP contribution in [0.5, 0.6) is 0 Å². The molecule has 17 heavy (non-hydrogen) atoms. The highest BCUT2D eigenvalue weighted by Gasteiger charge is 2.20. The maximum absolute atomic E-state index is 11.6. The van der Waals surface area contributed by atoms with Crippen molar-refractivity contribution in [1.82, 2.24) is 5.48 Å². The number of ether oxygens (including phenoxy) is 1. The molecule has 0 aromatic heterocycles. The first-order chi connectivity index (χ1) is 8.24. The Kier molecular flexibility index (Phi) is 6.32. The minimum Gasteiger partial charge on any atom is -0.460 e. The topological polar surface area (TPSA) is 64.6 Å². The van der Waals surface area contributed by atoms with Crippen molar-refractivity contribution in [3.8, 4) is 0 Å². The number of rotatable bonds is 6. The summed E-state index contributed by atoms with van der Waals surface area (Å²) < 4.78 is 4.69. The molecule has 0 heterocycles. The third-order valence-corrected chi connectivity index (χ3v) is 2.75. The van der Waals surface area contributed by atoms with Crippen molar-refractivity contribution in [2.45, 2.75) is 32.1 Å². The van der Waals surface area contributed by atoms with Crippen LogP contribution in [0, 0.1) is 5.92 Å². The highest BCUT2D eigenvalue weighted by atomic mass is 16.7. The predicted octanol–water partition coefficient (Wildman–Crippen LogP) is 1.34. The minimum absolute atomic E-state index is 0.0690. The fraction of sp³-hybridized carbons (Fsp3) is 0.667. The van der Waals surface area contributed by atoms with Crippen molar-refractivity contribution in [1.29, 1.82) is 0 Å². The zero-order valence-electron chi connectivity index (χ0n) is 9.94. The van der Waals surface area contributed by atoms with Crippen molar-refractivity contribution >= 4 is 11.9 Å². The zero-order chi connectivity index (χ0) is 12.5. The molecule has 5 heteroatoms. The molecule has 0 aliphatic heterocycles. The standard InChI is InChI=1S/C12H19NO4/c1-2-11(14)16-8-9-17-13-12(15)10-6-4-3-5-7-10/h2,10H,1,3-9H2,(H,13,15). The van der Waals surface area contributed by atoms with Crippen LogP contribution in [0.15, 0.2) is 12.7 Å². The first kappa shape index (κ1) is 13.7. The van der Waals surface area contributed by atoms with Crippen LogP contribution in [0.3, 0.4) is 0 Å². The number of carbonyl (C=O) groups excluding carboxylic acids is 2. The molecule has 1 aliphatic carbocycles. The molecule has 1 fully saturated rings. The van der Waals surface area contributed by atoms with E-state index in [2.05, 4.69) is 16.8 Å². The lowest BCUT2D eigenvalue weighted by Crippen LogP contribution is -2.33. The van der Waals surface area contributed by atoms with Crippen LogP contribution in [0.1, 0.15) is 32.1 Å². The van der Waals surface area contributed by atoms with Crippen molar-refractivity contribution in [2.24, 2.45) is 5.92 Å². The predicted molar refractivity (Wildman–Crippen MR) is 61.8 cm³/mol. The molecule has 0 spiro atoms. The van der Waals surface area contributed by atoms with E-state index in [1.807, 2.05) is 0 Å². The first-order valence-corrected chi connectivity index (χ1v) is 5.95. The summed E-state index contributed by atoms with van der Waals surface area (Å²) in [4.78, 5) is 27.2. The molecule has 1 saturated carbocycles. The fourth-order valence-electron chi connectivity index (χ4n) is 1.81. The van der Waals surface area contributed by atoms with E-state index in [4.69, 9.17) is 4.84 Å². The van der Waals surface area contributed by atoms with Crippen molar-refractivity contribution < 1.29 is 19.2 Å². The van der Waals surface area contributed by atoms with Crippen LogP contribution >= 0.6 is 0 Å². The largest absolute Gasteiger partial charge is 0.460 e. The van der Waals surface area contributed by atoms with Crippen LogP contribution < -0.4 is 5.48 Å². The summed E-state index contributed by atoms with van der Waals surface area (Å²) in [5, 5.41) is 0. The molecule has 0 bridgehead atoms. The molecule has 0 radical (unpaired) electrons. The van der Waals surface area contributed by atoms with Crippen molar-refractivity contribution in [3.05, 3.63) is 12.7 Å². The molecule has 5 nitrogen and oxygen atoms in total. The second-order valence-electron chi connectivity index (χ2n) is 4.02. The number of nitrogens with one attached hydrogen (secondary N) is 1. The van der Waals surface area contributed by atoms with Gasteiger partial charge in [-0.15, -0.1) is 0 Å². The van der Waals surface area contributed by atoms with Gasteiger partial charge in [0.25, 0.3) is 0 Å². The monoisotopic (exact) mass is 241 g/mol. The Labute approximate surface area is 101 Å². The van der Waals surface area contributed by atoms with Gasteiger partial charge in [-0.1, -0.05) is 25.8 Å². The normalized spacial score (nSPS) is 16.2. The Balaban J connectivity index is 2.03. The summed E-state index contributed by atoms with van der Waals surface area (Å²) in [5.41, 5.74) is 2.39. The Bertz CT molecular complexity index is 272. The molecule has 1 rings (SSSR count). The highest BCUT2D eigenvalue weighted by molar-refractivity contribution is 5.81. The van der Waals surface area contributed by atoms with E-state index in [-0.39, 0.29) is 25.0 Å². The maximum atomic E-state index is 11.6. The Hall–Kier alpha value is -1.36. The average Bonchev–Trinajstić information content (AvgIpc) is 2.38. The van der Waals surface area contributed by atoms with E-state index in [9.17, 15) is 9.59 Å². The summed E-state index contributed by atoms with van der Waals surface area (Å²) in [7, 11) is 0. The summed E-state index contributed by atoms with van der Waals surface area (Å²) in [6.45, 7) is 3.52. The van der Waals surface area contributed by atoms with Crippen LogP contribution in [-0.4, -0.2) is 25.1 Å². The van der Waals surface area contributed by atoms with Gasteiger partial charge in [0.2, 0.25) is 5.91 Å². The smallest absolute Gasteiger partial charge is 0.330 e. The van der Waals surface area contributed by atoms with E-state index < -0.39 is 5.97 Å². The minimum atomic E-state index is -0.493. The van der Waals surface area contributed by atoms with E-state index in [0.29, 0.717) is 0 Å². The third kappa shape index (κ3) is 5.49. The van der Waals surface area contributed by atoms with Gasteiger partial charge in [0.15, 0.2) is 0 Å². The van der Waals surface area contributed by atoms with Gasteiger partial charge in [-0.2, -0.15) is 0 Å². The molecular weight excluding hydrogens is 222 g/mol. The average molecular weight is 241 g/mol. The molecule has 0 saturated heterocycles. The molecule has 0 aromatic rings. The number of hydrogen-bond donors (Lipinski definition) is 1. The lowest BCUT2D eigenvalue weighted by atomic mass is 9.89. The molecule has 0 unspecified atom stereocenters. The Morgan fingerprint density at radius 1 is 1.24 bits per heavy atom. The zero-order valence-corrected chi connectivity index (χ0v) is 9.94. The van der Waals surface area contributed by atoms with E-state index in [0.717, 1.165) is 31.8 Å². The van der Waals surface area contributed by atoms with Gasteiger partial charge in [0, 0.05) is 12.0 Å². The van der Waals surface area contributed by atoms with E-state index in [1.165, 1.54) is 6.42 Å². The van der Waals surface area contributed by atoms with Crippen LogP contribution in [-0.2, 0) is 19.2 Å². The second-order valence-corrected chi connectivity index (χ2v) is 4.02. The molecule has 1 amide bonds. The Morgan fingerprint density at radius 2 is 1.94 bits per heavy atom. The summed E-state index contributed by atoms with van der Waals surface area (Å²) in [5.74, 6) is -0.494. The number of carbonyl (C=O) groups is 2. The maximum Gasteiger partial charge on any atom is 0.330 e. The quantitative estimate of drug-likeness (QED) is 0.330. The van der Waals surface area contributed by atoms with Crippen LogP contribution in [0.2, 0.25) is 0 Å². The van der Waals surface area contributed by atoms with Crippen LogP contribution in [0.25, 0.3) is 0 Å². The number of hydrogen-bond acceptors (Lipinski definition) is 4. The summed E-state index contributed by atoms with van der Waals surface area (Å²) >= 11 is 0. The number of hydroxylamine groups is 1. The molecule has 0 atom stereocenters. The van der Waals surface area contributed by atoms with Crippen LogP contribution in [0.4, 0.5) is 0 Å². The molecule has 96 valence electrons. The molecule has 1 N–H and O–H groups in total. The molecule has 0 aromatic carbocycles. The van der Waals surface area contributed by atoms with E-state index in [1.54, 1.807) is 0 Å². The first-order valence-electron chi connectivity index (χ1n) is 5.95. The second kappa shape index (κ2) is 7.84. The van der Waals surface area contributed by atoms with Gasteiger partial charge in [-0.3, -0.25) is 9.63 Å². The van der Waals surface area contributed by atoms with Crippen molar-refractivity contribution in [2.75, 3.05) is 13.2 Å². The van der Waals surface area contributed by atoms with Gasteiger partial charge < -0.3 is 4.74 Å². The molecular formula is C12H19NO4. The van der Waals surface area contributed by atoms with Crippen molar-refractivity contribution in [3.63, 3.8) is 0 Å². The van der Waals surface area contributed by atoms with Gasteiger partial charge in [-0.05, 0) is 12.8 Å². The lowest BCUT2D eigenvalue weighted by molar-refractivity contribution is -0.144. The number of amides is 1. The Morgan fingerprint density at radius 3 is 2.59 bits per heavy atom. The van der Waals surface area contributed by atoms with Gasteiger partial charge in [0.1, 0.15) is 13.2 Å². The molecule has 1 aliphatic rings.